The van der Waals surface area contributed by atoms with Gasteiger partial charge in [0, 0.05) is 10.0 Å². The van der Waals surface area contributed by atoms with E-state index in [1.807, 2.05) is 42.5 Å². The van der Waals surface area contributed by atoms with Crippen molar-refractivity contribution in [1.29, 1.82) is 0 Å². The number of aliphatic hydroxyl groups is 1. The third kappa shape index (κ3) is 2.38. The molecule has 2 rings (SSSR count). The van der Waals surface area contributed by atoms with Crippen LogP contribution in [0.2, 0.25) is 10.0 Å². The summed E-state index contributed by atoms with van der Waals surface area (Å²) in [5, 5.41) is 10.3. The molecule has 1 nitrogen and oxygen atoms in total. The summed E-state index contributed by atoms with van der Waals surface area (Å²) in [6.07, 6.45) is 0. The summed E-state index contributed by atoms with van der Waals surface area (Å²) in [4.78, 5) is 0. The molecule has 0 fully saturated rings. The molecule has 0 saturated heterocycles. The van der Waals surface area contributed by atoms with E-state index >= 15 is 0 Å². The topological polar surface area (TPSA) is 20.2 Å². The largest absolute Gasteiger partial charge is 0.392 e. The van der Waals surface area contributed by atoms with Gasteiger partial charge in [-0.25, -0.2) is 0 Å². The minimum atomic E-state index is -0.0470. The molecule has 16 heavy (non-hydrogen) atoms. The minimum Gasteiger partial charge on any atom is -0.392 e. The van der Waals surface area contributed by atoms with Crippen molar-refractivity contribution >= 4 is 23.2 Å². The normalized spacial score (nSPS) is 10.4. The van der Waals surface area contributed by atoms with Crippen molar-refractivity contribution in [1.82, 2.24) is 0 Å². The first kappa shape index (κ1) is 11.5. The Hall–Kier alpha value is -1.02. The van der Waals surface area contributed by atoms with Crippen molar-refractivity contribution in [3.05, 3.63) is 58.1 Å². The van der Waals surface area contributed by atoms with Gasteiger partial charge < -0.3 is 5.11 Å². The lowest BCUT2D eigenvalue weighted by Gasteiger charge is -2.05. The molecule has 0 aliphatic carbocycles. The van der Waals surface area contributed by atoms with E-state index in [0.717, 1.165) is 16.7 Å². The van der Waals surface area contributed by atoms with Gasteiger partial charge in [0.15, 0.2) is 0 Å². The van der Waals surface area contributed by atoms with Gasteiger partial charge in [0.25, 0.3) is 0 Å². The summed E-state index contributed by atoms with van der Waals surface area (Å²) in [6.45, 7) is -0.0470. The minimum absolute atomic E-state index is 0.0470. The molecule has 3 heteroatoms. The quantitative estimate of drug-likeness (QED) is 0.852. The maximum Gasteiger partial charge on any atom is 0.0696 e. The van der Waals surface area contributed by atoms with Crippen molar-refractivity contribution in [2.75, 3.05) is 0 Å². The summed E-state index contributed by atoms with van der Waals surface area (Å²) in [6, 6.07) is 13.1. The second kappa shape index (κ2) is 4.88. The summed E-state index contributed by atoms with van der Waals surface area (Å²) in [5.41, 5.74) is 2.73. The number of benzene rings is 2. The molecule has 0 bridgehead atoms. The Morgan fingerprint density at radius 1 is 0.938 bits per heavy atom. The fraction of sp³-hybridized carbons (Fsp3) is 0.0769. The van der Waals surface area contributed by atoms with E-state index in [9.17, 15) is 0 Å². The number of hydrogen-bond acceptors (Lipinski definition) is 1. The summed E-state index contributed by atoms with van der Waals surface area (Å²) >= 11 is 11.9. The van der Waals surface area contributed by atoms with Crippen LogP contribution in [0, 0.1) is 0 Å². The van der Waals surface area contributed by atoms with Gasteiger partial charge in [0.1, 0.15) is 0 Å². The number of halogens is 2. The maximum absolute atomic E-state index is 9.02. The fourth-order valence-electron chi connectivity index (χ4n) is 1.52. The van der Waals surface area contributed by atoms with Gasteiger partial charge in [-0.1, -0.05) is 47.5 Å². The average molecular weight is 253 g/mol. The molecular weight excluding hydrogens is 243 g/mol. The van der Waals surface area contributed by atoms with E-state index in [1.54, 1.807) is 0 Å². The van der Waals surface area contributed by atoms with Crippen molar-refractivity contribution in [2.45, 2.75) is 6.61 Å². The first-order valence-electron chi connectivity index (χ1n) is 4.86. The molecule has 0 aliphatic rings. The monoisotopic (exact) mass is 252 g/mol. The van der Waals surface area contributed by atoms with Gasteiger partial charge in [0.05, 0.1) is 6.61 Å². The molecule has 82 valence electrons. The van der Waals surface area contributed by atoms with Gasteiger partial charge in [-0.15, -0.1) is 0 Å². The van der Waals surface area contributed by atoms with E-state index in [4.69, 9.17) is 28.3 Å². The molecule has 2 aromatic rings. The fourth-order valence-corrected chi connectivity index (χ4v) is 1.95. The third-order valence-electron chi connectivity index (χ3n) is 2.38. The van der Waals surface area contributed by atoms with Crippen LogP contribution in [-0.2, 0) is 6.61 Å². The van der Waals surface area contributed by atoms with Gasteiger partial charge in [-0.05, 0) is 34.9 Å². The van der Waals surface area contributed by atoms with Crippen LogP contribution in [0.4, 0.5) is 0 Å². The summed E-state index contributed by atoms with van der Waals surface area (Å²) < 4.78 is 0. The highest BCUT2D eigenvalue weighted by Gasteiger charge is 2.03. The first-order valence-corrected chi connectivity index (χ1v) is 5.61. The lowest BCUT2D eigenvalue weighted by atomic mass is 10.0. The van der Waals surface area contributed by atoms with Crippen LogP contribution >= 0.6 is 23.2 Å². The molecule has 0 heterocycles. The highest BCUT2D eigenvalue weighted by Crippen LogP contribution is 2.27. The molecule has 1 N–H and O–H groups in total. The van der Waals surface area contributed by atoms with E-state index in [-0.39, 0.29) is 6.61 Å². The highest BCUT2D eigenvalue weighted by atomic mass is 35.5. The Morgan fingerprint density at radius 3 is 2.31 bits per heavy atom. The smallest absolute Gasteiger partial charge is 0.0696 e. The molecule has 0 atom stereocenters. The lowest BCUT2D eigenvalue weighted by molar-refractivity contribution is 0.282. The Morgan fingerprint density at radius 2 is 1.69 bits per heavy atom. The number of aliphatic hydroxyl groups excluding tert-OH is 1. The van der Waals surface area contributed by atoms with Crippen LogP contribution in [-0.4, -0.2) is 5.11 Å². The van der Waals surface area contributed by atoms with E-state index in [0.29, 0.717) is 10.0 Å². The zero-order valence-electron chi connectivity index (χ0n) is 8.45. The molecule has 0 unspecified atom stereocenters. The Balaban J connectivity index is 2.45. The van der Waals surface area contributed by atoms with Gasteiger partial charge in [-0.2, -0.15) is 0 Å². The van der Waals surface area contributed by atoms with Crippen molar-refractivity contribution in [3.63, 3.8) is 0 Å². The number of hydrogen-bond donors (Lipinski definition) is 1. The van der Waals surface area contributed by atoms with E-state index in [2.05, 4.69) is 0 Å². The van der Waals surface area contributed by atoms with Crippen LogP contribution in [0.3, 0.4) is 0 Å². The maximum atomic E-state index is 9.02. The van der Waals surface area contributed by atoms with Gasteiger partial charge in [0.2, 0.25) is 0 Å². The predicted molar refractivity (Wildman–Crippen MR) is 67.8 cm³/mol. The van der Waals surface area contributed by atoms with E-state index < -0.39 is 0 Å². The van der Waals surface area contributed by atoms with Crippen LogP contribution in [0.5, 0.6) is 0 Å². The molecule has 0 spiro atoms. The molecule has 2 aromatic carbocycles. The Bertz CT molecular complexity index is 509. The second-order valence-electron chi connectivity index (χ2n) is 3.47. The molecule has 0 aliphatic heterocycles. The molecule has 0 amide bonds. The molecular formula is C13H10Cl2O. The third-order valence-corrected chi connectivity index (χ3v) is 2.97. The SMILES string of the molecule is OCc1ccc(-c2cccc(Cl)c2)cc1Cl. The lowest BCUT2D eigenvalue weighted by Crippen LogP contribution is -1.86. The Labute approximate surface area is 104 Å². The average Bonchev–Trinajstić information content (AvgIpc) is 2.29. The van der Waals surface area contributed by atoms with Crippen LogP contribution in [0.1, 0.15) is 5.56 Å². The second-order valence-corrected chi connectivity index (χ2v) is 4.32. The van der Waals surface area contributed by atoms with Crippen LogP contribution in [0.25, 0.3) is 11.1 Å². The summed E-state index contributed by atoms with van der Waals surface area (Å²) in [7, 11) is 0. The van der Waals surface area contributed by atoms with Crippen molar-refractivity contribution in [2.24, 2.45) is 0 Å². The van der Waals surface area contributed by atoms with Gasteiger partial charge >= 0.3 is 0 Å². The summed E-state index contributed by atoms with van der Waals surface area (Å²) in [5.74, 6) is 0. The zero-order chi connectivity index (χ0) is 11.5. The van der Waals surface area contributed by atoms with Gasteiger partial charge in [-0.3, -0.25) is 0 Å². The zero-order valence-corrected chi connectivity index (χ0v) is 9.96. The number of rotatable bonds is 2. The van der Waals surface area contributed by atoms with Crippen molar-refractivity contribution in [3.8, 4) is 11.1 Å². The standard InChI is InChI=1S/C13H10Cl2O/c14-12-3-1-2-9(6-12)10-4-5-11(8-16)13(15)7-10/h1-7,16H,8H2. The van der Waals surface area contributed by atoms with Crippen LogP contribution in [0.15, 0.2) is 42.5 Å². The van der Waals surface area contributed by atoms with Crippen LogP contribution < -0.4 is 0 Å². The predicted octanol–water partition coefficient (Wildman–Crippen LogP) is 4.15. The van der Waals surface area contributed by atoms with E-state index in [1.165, 1.54) is 0 Å². The molecule has 0 saturated carbocycles. The molecule has 0 radical (unpaired) electrons. The van der Waals surface area contributed by atoms with Crippen molar-refractivity contribution < 1.29 is 5.11 Å². The first-order chi connectivity index (χ1) is 7.70. The Kier molecular flexibility index (Phi) is 3.49. The highest BCUT2D eigenvalue weighted by molar-refractivity contribution is 6.32. The molecule has 0 aromatic heterocycles.